The van der Waals surface area contributed by atoms with Crippen molar-refractivity contribution in [1.82, 2.24) is 14.9 Å². The molecule has 20 heteroatoms. The molecule has 0 saturated heterocycles. The lowest BCUT2D eigenvalue weighted by Crippen LogP contribution is -2.66. The summed E-state index contributed by atoms with van der Waals surface area (Å²) in [5.41, 5.74) is -3.87. The molecule has 0 saturated carbocycles. The Labute approximate surface area is 290 Å². The van der Waals surface area contributed by atoms with Crippen LogP contribution in [0.4, 0.5) is 18.4 Å². The van der Waals surface area contributed by atoms with Gasteiger partial charge >= 0.3 is 19.9 Å². The van der Waals surface area contributed by atoms with Crippen molar-refractivity contribution in [2.75, 3.05) is 32.7 Å². The van der Waals surface area contributed by atoms with E-state index in [2.05, 4.69) is 5.32 Å². The number of halogens is 2. The third kappa shape index (κ3) is 8.32. The van der Waals surface area contributed by atoms with E-state index < -0.39 is 104 Å². The second-order valence-corrected chi connectivity index (χ2v) is 13.9. The number of carbonyl (C=O) groups excluding carboxylic acids is 4. The molecule has 2 heterocycles. The maximum Gasteiger partial charge on any atom is 0.510 e. The summed E-state index contributed by atoms with van der Waals surface area (Å²) in [6.07, 6.45) is -1.01. The molecule has 1 unspecified atom stereocenters. The lowest BCUT2D eigenvalue weighted by atomic mass is 10.0. The van der Waals surface area contributed by atoms with Gasteiger partial charge in [-0.25, -0.2) is 18.4 Å². The lowest BCUT2D eigenvalue weighted by molar-refractivity contribution is -0.0292. The summed E-state index contributed by atoms with van der Waals surface area (Å²) >= 11 is 0. The second kappa shape index (κ2) is 15.5. The summed E-state index contributed by atoms with van der Waals surface area (Å²) in [7, 11) is -1.68. The number of rotatable bonds is 12. The number of benzene rings is 1. The Morgan fingerprint density at radius 3 is 2.14 bits per heavy atom. The number of pyridine rings is 1. The van der Waals surface area contributed by atoms with Crippen molar-refractivity contribution in [2.45, 2.75) is 65.0 Å². The molecule has 278 valence electrons. The predicted octanol–water partition coefficient (Wildman–Crippen LogP) is 4.05. The summed E-state index contributed by atoms with van der Waals surface area (Å²) in [4.78, 5) is 64.8. The van der Waals surface area contributed by atoms with Gasteiger partial charge in [-0.15, -0.1) is 0 Å². The standard InChI is InChI=1S/C31H37F2N4O13P/c1-17(2)49-29(42)45-15-47-51(44,48-16-46-30(43)50-18(3)4)21-9-10-31(12-21)35(5)28(41)24-26(39)25(38)22(14-37(24)36(31)6)27(40)34-13-19-7-8-20(32)11-23(19)33/h7-8,11-12,14,17-18,39H,9-10,13,15-16H2,1-6H3,(H,34,40). The van der Waals surface area contributed by atoms with Gasteiger partial charge in [0.25, 0.3) is 11.8 Å². The van der Waals surface area contributed by atoms with Gasteiger partial charge in [-0.2, -0.15) is 0 Å². The fourth-order valence-electron chi connectivity index (χ4n) is 5.26. The van der Waals surface area contributed by atoms with E-state index in [4.69, 9.17) is 28.0 Å². The van der Waals surface area contributed by atoms with Crippen LogP contribution >= 0.6 is 7.60 Å². The van der Waals surface area contributed by atoms with Crippen LogP contribution in [-0.2, 0) is 39.1 Å². The Morgan fingerprint density at radius 2 is 1.59 bits per heavy atom. The van der Waals surface area contributed by atoms with Crippen molar-refractivity contribution in [1.29, 1.82) is 0 Å². The number of carbonyl (C=O) groups is 4. The molecule has 51 heavy (non-hydrogen) atoms. The van der Waals surface area contributed by atoms with Gasteiger partial charge in [-0.3, -0.25) is 37.7 Å². The second-order valence-electron chi connectivity index (χ2n) is 11.8. The molecule has 0 fully saturated rings. The van der Waals surface area contributed by atoms with Gasteiger partial charge in [0.05, 0.1) is 12.2 Å². The number of hydrogen-bond donors (Lipinski definition) is 2. The monoisotopic (exact) mass is 742 g/mol. The van der Waals surface area contributed by atoms with E-state index in [1.54, 1.807) is 27.7 Å². The summed E-state index contributed by atoms with van der Waals surface area (Å²) < 4.78 is 72.9. The first kappa shape index (κ1) is 38.8. The van der Waals surface area contributed by atoms with Crippen molar-refractivity contribution in [3.05, 3.63) is 74.5 Å². The van der Waals surface area contributed by atoms with Crippen LogP contribution in [0.1, 0.15) is 66.9 Å². The van der Waals surface area contributed by atoms with Gasteiger partial charge in [0.15, 0.2) is 11.4 Å². The largest absolute Gasteiger partial charge is 0.510 e. The molecule has 1 aliphatic carbocycles. The zero-order valence-electron chi connectivity index (χ0n) is 28.5. The lowest BCUT2D eigenvalue weighted by Gasteiger charge is -2.50. The highest BCUT2D eigenvalue weighted by Crippen LogP contribution is 2.61. The van der Waals surface area contributed by atoms with Crippen molar-refractivity contribution in [3.63, 3.8) is 0 Å². The van der Waals surface area contributed by atoms with E-state index >= 15 is 0 Å². The minimum atomic E-state index is -4.48. The molecule has 4 rings (SSSR count). The minimum absolute atomic E-state index is 0.0159. The van der Waals surface area contributed by atoms with E-state index in [1.165, 1.54) is 25.2 Å². The molecular formula is C31H37F2N4O13P. The highest BCUT2D eigenvalue weighted by atomic mass is 31.2. The van der Waals surface area contributed by atoms with E-state index in [0.717, 1.165) is 27.9 Å². The molecule has 2 amide bonds. The molecule has 0 radical (unpaired) electrons. The third-order valence-electron chi connectivity index (χ3n) is 7.80. The number of aromatic nitrogens is 1. The first-order valence-electron chi connectivity index (χ1n) is 15.4. The van der Waals surface area contributed by atoms with Gasteiger partial charge in [0, 0.05) is 43.8 Å². The van der Waals surface area contributed by atoms with Gasteiger partial charge in [-0.1, -0.05) is 6.07 Å². The Hall–Kier alpha value is -5.00. The average molecular weight is 743 g/mol. The molecule has 17 nitrogen and oxygen atoms in total. The number of aromatic hydroxyl groups is 1. The topological polar surface area (TPSA) is 201 Å². The third-order valence-corrected chi connectivity index (χ3v) is 9.74. The molecule has 2 aliphatic rings. The molecule has 1 aliphatic heterocycles. The number of nitrogens with zero attached hydrogens (tertiary/aromatic N) is 3. The highest BCUT2D eigenvalue weighted by Gasteiger charge is 2.52. The number of likely N-dealkylation sites (N-methyl/N-ethyl adjacent to an activating group) is 2. The number of ether oxygens (including phenoxy) is 4. The molecular weight excluding hydrogens is 705 g/mol. The van der Waals surface area contributed by atoms with Gasteiger partial charge in [-0.05, 0) is 52.7 Å². The molecule has 1 spiro atoms. The van der Waals surface area contributed by atoms with Gasteiger partial charge in [0.2, 0.25) is 19.0 Å². The van der Waals surface area contributed by atoms with Crippen molar-refractivity contribution in [3.8, 4) is 5.75 Å². The number of fused-ring (bicyclic) bond motifs is 1. The molecule has 1 atom stereocenters. The zero-order chi connectivity index (χ0) is 37.8. The Balaban J connectivity index is 1.66. The molecule has 2 aromatic rings. The van der Waals surface area contributed by atoms with E-state index in [9.17, 15) is 42.4 Å². The van der Waals surface area contributed by atoms with Gasteiger partial charge < -0.3 is 34.3 Å². The van der Waals surface area contributed by atoms with Crippen LogP contribution in [0.2, 0.25) is 0 Å². The van der Waals surface area contributed by atoms with Crippen LogP contribution in [0.25, 0.3) is 0 Å². The maximum absolute atomic E-state index is 14.2. The van der Waals surface area contributed by atoms with E-state index in [0.29, 0.717) is 6.07 Å². The molecule has 1 aromatic carbocycles. The number of hydrogen-bond acceptors (Lipinski definition) is 14. The average Bonchev–Trinajstić information content (AvgIpc) is 3.50. The van der Waals surface area contributed by atoms with Crippen LogP contribution < -0.4 is 15.8 Å². The van der Waals surface area contributed by atoms with E-state index in [-0.39, 0.29) is 23.7 Å². The Bertz CT molecular complexity index is 1820. The highest BCUT2D eigenvalue weighted by molar-refractivity contribution is 7.58. The zero-order valence-corrected chi connectivity index (χ0v) is 29.4. The normalized spacial score (nSPS) is 17.1. The molecule has 2 N–H and O–H groups in total. The fraction of sp³-hybridized carbons (Fsp3) is 0.452. The van der Waals surface area contributed by atoms with Crippen molar-refractivity contribution >= 4 is 31.7 Å². The van der Waals surface area contributed by atoms with E-state index in [1.807, 2.05) is 0 Å². The van der Waals surface area contributed by atoms with Crippen LogP contribution in [-0.4, -0.2) is 84.4 Å². The van der Waals surface area contributed by atoms with Crippen LogP contribution in [0, 0.1) is 11.6 Å². The van der Waals surface area contributed by atoms with Crippen LogP contribution in [0.5, 0.6) is 5.75 Å². The fourth-order valence-corrected chi connectivity index (χ4v) is 6.80. The summed E-state index contributed by atoms with van der Waals surface area (Å²) in [5.74, 6) is -4.72. The van der Waals surface area contributed by atoms with Crippen molar-refractivity contribution < 1.29 is 65.6 Å². The summed E-state index contributed by atoms with van der Waals surface area (Å²) in [6.45, 7) is 4.03. The summed E-state index contributed by atoms with van der Waals surface area (Å²) in [5, 5.41) is 14.5. The first-order chi connectivity index (χ1) is 23.9. The van der Waals surface area contributed by atoms with Gasteiger partial charge in [0.1, 0.15) is 22.9 Å². The van der Waals surface area contributed by atoms with Crippen molar-refractivity contribution in [2.24, 2.45) is 0 Å². The molecule has 0 bridgehead atoms. The Kier molecular flexibility index (Phi) is 11.8. The summed E-state index contributed by atoms with van der Waals surface area (Å²) in [6, 6.07) is 2.72. The molecule has 1 aromatic heterocycles. The SMILES string of the molecule is CC(C)OC(=O)OCOP(=O)(OCOC(=O)OC(C)C)C1=CC2(CC1)N(C)C(=O)c1c(O)c(=O)c(C(=O)NCc3ccc(F)cc3F)cn1N2C. The first-order valence-corrected chi connectivity index (χ1v) is 17.0. The number of amides is 2. The number of nitrogens with one attached hydrogen (secondary N) is 1. The quantitative estimate of drug-likeness (QED) is 0.179. The van der Waals surface area contributed by atoms with Crippen LogP contribution in [0.3, 0.4) is 0 Å². The number of allylic oxidation sites excluding steroid dienone is 1. The Morgan fingerprint density at radius 1 is 1.00 bits per heavy atom. The smallest absolute Gasteiger partial charge is 0.502 e. The van der Waals surface area contributed by atoms with Crippen LogP contribution in [0.15, 0.2) is 40.6 Å². The minimum Gasteiger partial charge on any atom is -0.502 e. The predicted molar refractivity (Wildman–Crippen MR) is 171 cm³/mol. The maximum atomic E-state index is 14.2.